The highest BCUT2D eigenvalue weighted by Gasteiger charge is 2.19. The maximum Gasteiger partial charge on any atom is 0.244 e. The summed E-state index contributed by atoms with van der Waals surface area (Å²) >= 11 is 1.62. The van der Waals surface area contributed by atoms with Gasteiger partial charge in [0.2, 0.25) is 5.91 Å². The number of nitrogens with zero attached hydrogens (tertiary/aromatic N) is 2. The third kappa shape index (κ3) is 4.00. The van der Waals surface area contributed by atoms with Gasteiger partial charge in [-0.05, 0) is 43.2 Å². The average Bonchev–Trinajstić information content (AvgIpc) is 3.22. The van der Waals surface area contributed by atoms with Crippen molar-refractivity contribution in [3.05, 3.63) is 64.5 Å². The first-order valence-corrected chi connectivity index (χ1v) is 9.14. The smallest absolute Gasteiger partial charge is 0.244 e. The van der Waals surface area contributed by atoms with E-state index in [-0.39, 0.29) is 11.9 Å². The molecule has 0 aliphatic carbocycles. The van der Waals surface area contributed by atoms with E-state index >= 15 is 0 Å². The van der Waals surface area contributed by atoms with Crippen LogP contribution in [0.3, 0.4) is 0 Å². The summed E-state index contributed by atoms with van der Waals surface area (Å²) in [6.07, 6.45) is 5.60. The highest BCUT2D eigenvalue weighted by Crippen LogP contribution is 2.28. The van der Waals surface area contributed by atoms with Crippen LogP contribution in [0.5, 0.6) is 0 Å². The largest absolute Gasteiger partial charge is 0.351 e. The number of amides is 1. The number of carbonyl (C=O) groups excluding carboxylic acids is 1. The summed E-state index contributed by atoms with van der Waals surface area (Å²) in [5, 5.41) is 6.26. The summed E-state index contributed by atoms with van der Waals surface area (Å²) < 4.78 is 2.14. The summed E-state index contributed by atoms with van der Waals surface area (Å²) in [6, 6.07) is 12.4. The number of para-hydroxylation sites is 1. The van der Waals surface area contributed by atoms with E-state index in [0.717, 1.165) is 4.88 Å². The van der Waals surface area contributed by atoms with Crippen molar-refractivity contribution in [1.82, 2.24) is 14.8 Å². The Balaban J connectivity index is 1.74. The van der Waals surface area contributed by atoms with Crippen molar-refractivity contribution in [2.45, 2.75) is 6.04 Å². The minimum Gasteiger partial charge on any atom is -0.351 e. The number of aryl methyl sites for hydroxylation is 1. The molecular formula is C20H23N3OS. The zero-order valence-corrected chi connectivity index (χ0v) is 15.6. The van der Waals surface area contributed by atoms with Crippen molar-refractivity contribution in [3.8, 4) is 0 Å². The van der Waals surface area contributed by atoms with E-state index in [4.69, 9.17) is 0 Å². The Morgan fingerprint density at radius 2 is 2.08 bits per heavy atom. The van der Waals surface area contributed by atoms with Gasteiger partial charge < -0.3 is 14.8 Å². The molecule has 25 heavy (non-hydrogen) atoms. The summed E-state index contributed by atoms with van der Waals surface area (Å²) in [5.74, 6) is -0.0690. The van der Waals surface area contributed by atoms with Crippen LogP contribution in [0.25, 0.3) is 17.0 Å². The van der Waals surface area contributed by atoms with Gasteiger partial charge in [-0.3, -0.25) is 4.79 Å². The summed E-state index contributed by atoms with van der Waals surface area (Å²) in [7, 11) is 6.14. The Labute approximate surface area is 152 Å². The Morgan fingerprint density at radius 1 is 1.28 bits per heavy atom. The summed E-state index contributed by atoms with van der Waals surface area (Å²) in [6.45, 7) is 0.564. The maximum absolute atomic E-state index is 12.1. The van der Waals surface area contributed by atoms with Gasteiger partial charge in [-0.25, -0.2) is 0 Å². The molecular weight excluding hydrogens is 330 g/mol. The molecule has 1 atom stereocenters. The third-order valence-corrected chi connectivity index (χ3v) is 5.16. The molecule has 1 amide bonds. The molecule has 0 radical (unpaired) electrons. The normalized spacial score (nSPS) is 13.0. The van der Waals surface area contributed by atoms with Crippen molar-refractivity contribution < 1.29 is 4.79 Å². The molecule has 130 valence electrons. The molecule has 1 N–H and O–H groups in total. The van der Waals surface area contributed by atoms with Gasteiger partial charge in [0, 0.05) is 41.6 Å². The lowest BCUT2D eigenvalue weighted by Crippen LogP contribution is -2.33. The van der Waals surface area contributed by atoms with Gasteiger partial charge in [0.1, 0.15) is 0 Å². The average molecular weight is 353 g/mol. The second-order valence-corrected chi connectivity index (χ2v) is 7.27. The number of carbonyl (C=O) groups is 1. The number of fused-ring (bicyclic) bond motifs is 1. The number of rotatable bonds is 6. The highest BCUT2D eigenvalue weighted by molar-refractivity contribution is 7.10. The van der Waals surface area contributed by atoms with Crippen LogP contribution in [0, 0.1) is 0 Å². The van der Waals surface area contributed by atoms with Gasteiger partial charge >= 0.3 is 0 Å². The molecule has 0 saturated carbocycles. The van der Waals surface area contributed by atoms with Crippen molar-refractivity contribution >= 4 is 34.2 Å². The second kappa shape index (κ2) is 7.68. The molecule has 1 aromatic carbocycles. The molecule has 4 nitrogen and oxygen atoms in total. The van der Waals surface area contributed by atoms with Crippen LogP contribution in [0.4, 0.5) is 0 Å². The molecule has 0 aliphatic rings. The van der Waals surface area contributed by atoms with Gasteiger partial charge in [-0.2, -0.15) is 0 Å². The number of benzene rings is 1. The van der Waals surface area contributed by atoms with Gasteiger partial charge in [-0.15, -0.1) is 11.3 Å². The topological polar surface area (TPSA) is 37.3 Å². The van der Waals surface area contributed by atoms with E-state index in [2.05, 4.69) is 46.2 Å². The van der Waals surface area contributed by atoms with Gasteiger partial charge in [0.25, 0.3) is 0 Å². The molecule has 0 unspecified atom stereocenters. The fourth-order valence-corrected chi connectivity index (χ4v) is 3.63. The van der Waals surface area contributed by atoms with Crippen LogP contribution in [0.2, 0.25) is 0 Å². The van der Waals surface area contributed by atoms with E-state index < -0.39 is 0 Å². The zero-order chi connectivity index (χ0) is 17.8. The van der Waals surface area contributed by atoms with Gasteiger partial charge in [-0.1, -0.05) is 24.3 Å². The quantitative estimate of drug-likeness (QED) is 0.687. The highest BCUT2D eigenvalue weighted by atomic mass is 32.1. The minimum atomic E-state index is -0.0690. The standard InChI is InChI=1S/C20H23N3OS/c1-22(2)19(13-21-20(24)11-10-15-7-6-12-25-15)17-14-23(3)18-9-5-4-8-16(17)18/h4-12,14,19H,13H2,1-3H3,(H,21,24)/b11-10+/t19-/m1/s1. The molecule has 0 saturated heterocycles. The van der Waals surface area contributed by atoms with Crippen LogP contribution >= 0.6 is 11.3 Å². The number of likely N-dealkylation sites (N-methyl/N-ethyl adjacent to an activating group) is 1. The number of aromatic nitrogens is 1. The third-order valence-electron chi connectivity index (χ3n) is 4.32. The predicted molar refractivity (Wildman–Crippen MR) is 106 cm³/mol. The second-order valence-electron chi connectivity index (χ2n) is 6.29. The van der Waals surface area contributed by atoms with Crippen LogP contribution in [0.1, 0.15) is 16.5 Å². The fraction of sp³-hybridized carbons (Fsp3) is 0.250. The summed E-state index contributed by atoms with van der Waals surface area (Å²) in [5.41, 5.74) is 2.43. The summed E-state index contributed by atoms with van der Waals surface area (Å²) in [4.78, 5) is 15.4. The van der Waals surface area contributed by atoms with Gasteiger partial charge in [0.05, 0.1) is 6.04 Å². The van der Waals surface area contributed by atoms with Crippen LogP contribution in [-0.4, -0.2) is 36.0 Å². The van der Waals surface area contributed by atoms with Crippen LogP contribution < -0.4 is 5.32 Å². The Bertz CT molecular complexity index is 878. The maximum atomic E-state index is 12.1. The SMILES string of the molecule is CN(C)[C@H](CNC(=O)/C=C/c1cccs1)c1cn(C)c2ccccc12. The van der Waals surface area contributed by atoms with Crippen LogP contribution in [-0.2, 0) is 11.8 Å². The van der Waals surface area contributed by atoms with Crippen molar-refractivity contribution in [2.75, 3.05) is 20.6 Å². The lowest BCUT2D eigenvalue weighted by Gasteiger charge is -2.24. The van der Waals surface area contributed by atoms with E-state index in [1.54, 1.807) is 17.4 Å². The molecule has 0 bridgehead atoms. The van der Waals surface area contributed by atoms with Crippen LogP contribution in [0.15, 0.2) is 54.1 Å². The number of thiophene rings is 1. The molecule has 0 spiro atoms. The molecule has 0 aliphatic heterocycles. The molecule has 3 aromatic rings. The van der Waals surface area contributed by atoms with Crippen molar-refractivity contribution in [2.24, 2.45) is 7.05 Å². The molecule has 2 heterocycles. The number of nitrogens with one attached hydrogen (secondary N) is 1. The van der Waals surface area contributed by atoms with E-state index in [9.17, 15) is 4.79 Å². The molecule has 3 rings (SSSR count). The van der Waals surface area contributed by atoms with E-state index in [1.807, 2.05) is 43.8 Å². The molecule has 5 heteroatoms. The number of hydrogen-bond donors (Lipinski definition) is 1. The minimum absolute atomic E-state index is 0.0690. The Morgan fingerprint density at radius 3 is 2.80 bits per heavy atom. The first-order chi connectivity index (χ1) is 12.1. The fourth-order valence-electron chi connectivity index (χ4n) is 3.01. The zero-order valence-electron chi connectivity index (χ0n) is 14.8. The predicted octanol–water partition coefficient (Wildman–Crippen LogP) is 3.67. The molecule has 0 fully saturated rings. The lowest BCUT2D eigenvalue weighted by atomic mass is 10.0. The lowest BCUT2D eigenvalue weighted by molar-refractivity contribution is -0.116. The van der Waals surface area contributed by atoms with E-state index in [0.29, 0.717) is 6.54 Å². The van der Waals surface area contributed by atoms with Crippen molar-refractivity contribution in [3.63, 3.8) is 0 Å². The van der Waals surface area contributed by atoms with Crippen molar-refractivity contribution in [1.29, 1.82) is 0 Å². The Hall–Kier alpha value is -2.37. The molecule has 2 aromatic heterocycles. The Kier molecular flexibility index (Phi) is 5.36. The number of hydrogen-bond acceptors (Lipinski definition) is 3. The first kappa shape index (κ1) is 17.5. The van der Waals surface area contributed by atoms with E-state index in [1.165, 1.54) is 16.5 Å². The first-order valence-electron chi connectivity index (χ1n) is 8.26. The van der Waals surface area contributed by atoms with Gasteiger partial charge in [0.15, 0.2) is 0 Å². The monoisotopic (exact) mass is 353 g/mol.